The molecule has 2 N–H and O–H groups in total. The summed E-state index contributed by atoms with van der Waals surface area (Å²) in [6.45, 7) is 4.24. The molecule has 1 saturated heterocycles. The molecule has 3 aromatic rings. The van der Waals surface area contributed by atoms with Crippen molar-refractivity contribution in [3.05, 3.63) is 59.2 Å². The highest BCUT2D eigenvalue weighted by Gasteiger charge is 2.25. The predicted molar refractivity (Wildman–Crippen MR) is 134 cm³/mol. The number of benzene rings is 2. The van der Waals surface area contributed by atoms with Gasteiger partial charge in [0.2, 0.25) is 5.95 Å². The molecule has 3 heterocycles. The maximum atomic E-state index is 13.5. The van der Waals surface area contributed by atoms with Gasteiger partial charge in [-0.15, -0.1) is 0 Å². The van der Waals surface area contributed by atoms with Crippen molar-refractivity contribution in [2.45, 2.75) is 25.8 Å². The molecule has 35 heavy (non-hydrogen) atoms. The van der Waals surface area contributed by atoms with Crippen molar-refractivity contribution in [3.63, 3.8) is 0 Å². The predicted octanol–water partition coefficient (Wildman–Crippen LogP) is 2.59. The smallest absolute Gasteiger partial charge is 0.257 e. The standard InChI is InChI=1S/C26H30N6O3/c1-30-13-15-31(16-14-30)25(35)20-9-6-10-21-22(20)32-12-4-2-3-11-27-23(33)18-7-5-8-19(17-18)24(34)29-26(32)28-21/h5-10,17H,2-4,11-16H2,1H3,(H,27,33)(H,28,29,34). The molecule has 1 fully saturated rings. The summed E-state index contributed by atoms with van der Waals surface area (Å²) in [5.74, 6) is -0.126. The second-order valence-corrected chi connectivity index (χ2v) is 9.21. The number of aromatic nitrogens is 2. The van der Waals surface area contributed by atoms with Crippen LogP contribution in [0.2, 0.25) is 0 Å². The van der Waals surface area contributed by atoms with Gasteiger partial charge >= 0.3 is 0 Å². The van der Waals surface area contributed by atoms with Crippen molar-refractivity contribution >= 4 is 34.7 Å². The number of piperazine rings is 1. The van der Waals surface area contributed by atoms with E-state index in [1.165, 1.54) is 0 Å². The van der Waals surface area contributed by atoms with E-state index >= 15 is 0 Å². The number of fused-ring (bicyclic) bond motifs is 5. The lowest BCUT2D eigenvalue weighted by Gasteiger charge is -2.32. The summed E-state index contributed by atoms with van der Waals surface area (Å²) < 4.78 is 1.96. The molecule has 1 aromatic heterocycles. The zero-order valence-corrected chi connectivity index (χ0v) is 19.9. The van der Waals surface area contributed by atoms with Crippen molar-refractivity contribution < 1.29 is 14.4 Å². The van der Waals surface area contributed by atoms with Crippen LogP contribution in [-0.4, -0.2) is 76.8 Å². The summed E-state index contributed by atoms with van der Waals surface area (Å²) in [5, 5.41) is 5.85. The van der Waals surface area contributed by atoms with E-state index in [1.807, 2.05) is 27.7 Å². The fraction of sp³-hybridized carbons (Fsp3) is 0.385. The fourth-order valence-electron chi connectivity index (χ4n) is 4.70. The number of rotatable bonds is 1. The van der Waals surface area contributed by atoms with Crippen LogP contribution in [-0.2, 0) is 6.54 Å². The lowest BCUT2D eigenvalue weighted by atomic mass is 10.1. The summed E-state index contributed by atoms with van der Waals surface area (Å²) >= 11 is 0. The number of amides is 3. The van der Waals surface area contributed by atoms with Crippen LogP contribution in [0.25, 0.3) is 11.0 Å². The van der Waals surface area contributed by atoms with Crippen LogP contribution in [0.3, 0.4) is 0 Å². The number of likely N-dealkylation sites (N-methyl/N-ethyl adjacent to an activating group) is 1. The number of imidazole rings is 1. The van der Waals surface area contributed by atoms with Crippen LogP contribution < -0.4 is 10.6 Å². The molecule has 9 heteroatoms. The molecule has 182 valence electrons. The van der Waals surface area contributed by atoms with Crippen LogP contribution in [0.15, 0.2) is 42.5 Å². The third-order valence-corrected chi connectivity index (χ3v) is 6.74. The van der Waals surface area contributed by atoms with E-state index in [4.69, 9.17) is 4.98 Å². The Hall–Kier alpha value is -3.72. The van der Waals surface area contributed by atoms with E-state index in [9.17, 15) is 14.4 Å². The summed E-state index contributed by atoms with van der Waals surface area (Å²) in [5.41, 5.74) is 2.86. The number of carbonyl (C=O) groups is 3. The molecule has 2 aromatic carbocycles. The van der Waals surface area contributed by atoms with Gasteiger partial charge in [0.1, 0.15) is 0 Å². The minimum atomic E-state index is -0.347. The maximum absolute atomic E-state index is 13.5. The Morgan fingerprint density at radius 2 is 1.63 bits per heavy atom. The summed E-state index contributed by atoms with van der Waals surface area (Å²) in [6.07, 6.45) is 2.56. The minimum absolute atomic E-state index is 0.00690. The van der Waals surface area contributed by atoms with Gasteiger partial charge in [0, 0.05) is 50.4 Å². The monoisotopic (exact) mass is 474 g/mol. The zero-order valence-electron chi connectivity index (χ0n) is 19.9. The van der Waals surface area contributed by atoms with Crippen LogP contribution in [0.4, 0.5) is 5.95 Å². The van der Waals surface area contributed by atoms with Gasteiger partial charge in [-0.2, -0.15) is 0 Å². The number of hydrogen-bond donors (Lipinski definition) is 2. The molecule has 0 saturated carbocycles. The zero-order chi connectivity index (χ0) is 24.4. The fourth-order valence-corrected chi connectivity index (χ4v) is 4.70. The topological polar surface area (TPSA) is 99.6 Å². The highest BCUT2D eigenvalue weighted by Crippen LogP contribution is 2.26. The number of anilines is 1. The quantitative estimate of drug-likeness (QED) is 0.565. The highest BCUT2D eigenvalue weighted by atomic mass is 16.2. The Bertz CT molecular complexity index is 1280. The Labute approximate surface area is 204 Å². The van der Waals surface area contributed by atoms with Gasteiger partial charge in [0.15, 0.2) is 0 Å². The van der Waals surface area contributed by atoms with Gasteiger partial charge in [0.05, 0.1) is 16.6 Å². The summed E-state index contributed by atoms with van der Waals surface area (Å²) in [4.78, 5) is 47.9. The van der Waals surface area contributed by atoms with Crippen molar-refractivity contribution in [2.75, 3.05) is 45.1 Å². The average molecular weight is 475 g/mol. The van der Waals surface area contributed by atoms with Crippen LogP contribution in [0, 0.1) is 0 Å². The average Bonchev–Trinajstić information content (AvgIpc) is 3.22. The maximum Gasteiger partial charge on any atom is 0.257 e. The van der Waals surface area contributed by atoms with Gasteiger partial charge in [-0.25, -0.2) is 4.98 Å². The lowest BCUT2D eigenvalue weighted by Crippen LogP contribution is -2.47. The van der Waals surface area contributed by atoms with E-state index in [2.05, 4.69) is 22.6 Å². The van der Waals surface area contributed by atoms with E-state index in [0.29, 0.717) is 54.3 Å². The lowest BCUT2D eigenvalue weighted by molar-refractivity contribution is 0.0665. The molecule has 2 aliphatic rings. The Morgan fingerprint density at radius 3 is 2.43 bits per heavy atom. The third-order valence-electron chi connectivity index (χ3n) is 6.74. The number of para-hydroxylation sites is 1. The van der Waals surface area contributed by atoms with Crippen molar-refractivity contribution in [1.29, 1.82) is 0 Å². The molecule has 0 unspecified atom stereocenters. The molecular weight excluding hydrogens is 444 g/mol. The molecule has 0 atom stereocenters. The second kappa shape index (κ2) is 9.87. The molecular formula is C26H30N6O3. The first-order valence-corrected chi connectivity index (χ1v) is 12.2. The van der Waals surface area contributed by atoms with Gasteiger partial charge < -0.3 is 19.7 Å². The Morgan fingerprint density at radius 1 is 0.886 bits per heavy atom. The van der Waals surface area contributed by atoms with Gasteiger partial charge in [0.25, 0.3) is 17.7 Å². The Kier molecular flexibility index (Phi) is 6.50. The van der Waals surface area contributed by atoms with Crippen LogP contribution in [0.5, 0.6) is 0 Å². The summed E-state index contributed by atoms with van der Waals surface area (Å²) in [7, 11) is 2.06. The number of aryl methyl sites for hydroxylation is 1. The van der Waals surface area contributed by atoms with E-state index < -0.39 is 0 Å². The first-order valence-electron chi connectivity index (χ1n) is 12.2. The van der Waals surface area contributed by atoms with Crippen LogP contribution in [0.1, 0.15) is 50.3 Å². The molecule has 0 spiro atoms. The van der Waals surface area contributed by atoms with E-state index in [1.54, 1.807) is 24.3 Å². The molecule has 2 bridgehead atoms. The molecule has 0 aliphatic carbocycles. The van der Waals surface area contributed by atoms with Crippen molar-refractivity contribution in [3.8, 4) is 0 Å². The molecule has 9 nitrogen and oxygen atoms in total. The SMILES string of the molecule is CN1CCN(C(=O)c2cccc3nc4n(c23)CCCCCNC(=O)c2cccc(c2)C(=O)N4)CC1. The summed E-state index contributed by atoms with van der Waals surface area (Å²) in [6, 6.07) is 12.2. The number of nitrogens with one attached hydrogen (secondary N) is 2. The Balaban J connectivity index is 1.54. The molecule has 0 radical (unpaired) electrons. The second-order valence-electron chi connectivity index (χ2n) is 9.21. The van der Waals surface area contributed by atoms with Gasteiger partial charge in [-0.3, -0.25) is 19.7 Å². The van der Waals surface area contributed by atoms with Crippen molar-refractivity contribution in [1.82, 2.24) is 24.7 Å². The van der Waals surface area contributed by atoms with Gasteiger partial charge in [-0.1, -0.05) is 12.1 Å². The molecule has 2 aliphatic heterocycles. The molecule has 5 rings (SSSR count). The molecule has 3 amide bonds. The normalized spacial score (nSPS) is 17.9. The van der Waals surface area contributed by atoms with Crippen molar-refractivity contribution in [2.24, 2.45) is 0 Å². The van der Waals surface area contributed by atoms with E-state index in [0.717, 1.165) is 37.9 Å². The van der Waals surface area contributed by atoms with Crippen LogP contribution >= 0.6 is 0 Å². The first-order chi connectivity index (χ1) is 17.0. The highest BCUT2D eigenvalue weighted by molar-refractivity contribution is 6.08. The number of hydrogen-bond acceptors (Lipinski definition) is 5. The largest absolute Gasteiger partial charge is 0.352 e. The number of carbonyl (C=O) groups excluding carboxylic acids is 3. The first kappa shape index (κ1) is 23.0. The van der Waals surface area contributed by atoms with E-state index in [-0.39, 0.29) is 17.7 Å². The third kappa shape index (κ3) is 4.77. The van der Waals surface area contributed by atoms with Gasteiger partial charge in [-0.05, 0) is 56.6 Å². The minimum Gasteiger partial charge on any atom is -0.352 e. The number of nitrogens with zero attached hydrogens (tertiary/aromatic N) is 4.